The molecule has 5 nitrogen and oxygen atoms in total. The number of ether oxygens (including phenoxy) is 3. The van der Waals surface area contributed by atoms with Gasteiger partial charge in [0.1, 0.15) is 18.8 Å². The monoisotopic (exact) mass is 395 g/mol. The summed E-state index contributed by atoms with van der Waals surface area (Å²) in [7, 11) is 0. The van der Waals surface area contributed by atoms with Crippen LogP contribution >= 0.6 is 0 Å². The summed E-state index contributed by atoms with van der Waals surface area (Å²) in [4.78, 5) is 15.0. The summed E-state index contributed by atoms with van der Waals surface area (Å²) >= 11 is 0. The molecule has 5 heteroatoms. The van der Waals surface area contributed by atoms with Gasteiger partial charge in [-0.15, -0.1) is 0 Å². The highest BCUT2D eigenvalue weighted by Gasteiger charge is 2.56. The molecule has 2 fully saturated rings. The number of fused-ring (bicyclic) bond motifs is 1. The zero-order valence-electron chi connectivity index (χ0n) is 17.3. The number of esters is 1. The van der Waals surface area contributed by atoms with E-state index in [1.54, 1.807) is 0 Å². The first-order valence-electron chi connectivity index (χ1n) is 10.3. The summed E-state index contributed by atoms with van der Waals surface area (Å²) in [6, 6.07) is 20.1. The first-order valence-corrected chi connectivity index (χ1v) is 10.3. The molecule has 2 aromatic rings. The van der Waals surface area contributed by atoms with Gasteiger partial charge in [-0.1, -0.05) is 60.7 Å². The molecular formula is C24H29NO4. The number of likely N-dealkylation sites (tertiary alicyclic amines) is 1. The Morgan fingerprint density at radius 3 is 2.21 bits per heavy atom. The molecule has 0 aromatic heterocycles. The van der Waals surface area contributed by atoms with Crippen LogP contribution < -0.4 is 0 Å². The maximum Gasteiger partial charge on any atom is 0.307 e. The molecule has 154 valence electrons. The third-order valence-electron chi connectivity index (χ3n) is 5.79. The van der Waals surface area contributed by atoms with Gasteiger partial charge in [0.05, 0.1) is 6.42 Å². The van der Waals surface area contributed by atoms with E-state index >= 15 is 0 Å². The molecule has 0 spiro atoms. The third-order valence-corrected chi connectivity index (χ3v) is 5.79. The predicted octanol–water partition coefficient (Wildman–Crippen LogP) is 3.91. The van der Waals surface area contributed by atoms with Gasteiger partial charge < -0.3 is 14.2 Å². The number of hydrogen-bond acceptors (Lipinski definition) is 5. The lowest BCUT2D eigenvalue weighted by atomic mass is 10.1. The van der Waals surface area contributed by atoms with Gasteiger partial charge in [-0.25, -0.2) is 0 Å². The van der Waals surface area contributed by atoms with Crippen LogP contribution in [0.1, 0.15) is 38.3 Å². The summed E-state index contributed by atoms with van der Waals surface area (Å²) < 4.78 is 18.0. The van der Waals surface area contributed by atoms with Crippen LogP contribution in [0.4, 0.5) is 0 Å². The molecule has 2 saturated heterocycles. The molecule has 4 atom stereocenters. The minimum atomic E-state index is -0.630. The van der Waals surface area contributed by atoms with Crippen molar-refractivity contribution in [1.82, 2.24) is 4.90 Å². The lowest BCUT2D eigenvalue weighted by Gasteiger charge is -2.32. The van der Waals surface area contributed by atoms with Crippen LogP contribution in [0, 0.1) is 0 Å². The lowest BCUT2D eigenvalue weighted by Crippen LogP contribution is -2.42. The standard InChI is InChI=1S/C24H29NO4/c1-17-22-23(29-24(2,3)28-22)20(25(17)15-18-10-6-4-7-11-18)14-21(26)27-16-19-12-8-5-9-13-19/h4-13,17,20,22-23H,14-16H2,1-3H3/t17-,20-,22+,23-/m0/s1. The zero-order valence-corrected chi connectivity index (χ0v) is 17.3. The van der Waals surface area contributed by atoms with Crippen LogP contribution in [0.15, 0.2) is 60.7 Å². The van der Waals surface area contributed by atoms with Crippen molar-refractivity contribution in [3.63, 3.8) is 0 Å². The first-order chi connectivity index (χ1) is 13.9. The molecule has 29 heavy (non-hydrogen) atoms. The second-order valence-corrected chi connectivity index (χ2v) is 8.38. The molecule has 0 saturated carbocycles. The Bertz CT molecular complexity index is 823. The minimum Gasteiger partial charge on any atom is -0.461 e. The zero-order chi connectivity index (χ0) is 20.4. The molecule has 2 aliphatic heterocycles. The van der Waals surface area contributed by atoms with E-state index in [-0.39, 0.29) is 43.3 Å². The molecule has 4 rings (SSSR count). The first kappa shape index (κ1) is 20.1. The van der Waals surface area contributed by atoms with Gasteiger partial charge >= 0.3 is 5.97 Å². The molecule has 0 unspecified atom stereocenters. The van der Waals surface area contributed by atoms with Gasteiger partial charge in [-0.3, -0.25) is 9.69 Å². The van der Waals surface area contributed by atoms with Crippen molar-refractivity contribution < 1.29 is 19.0 Å². The predicted molar refractivity (Wildman–Crippen MR) is 110 cm³/mol. The summed E-state index contributed by atoms with van der Waals surface area (Å²) in [5.74, 6) is -0.840. The van der Waals surface area contributed by atoms with Crippen LogP contribution in [0.3, 0.4) is 0 Å². The van der Waals surface area contributed by atoms with Crippen LogP contribution in [-0.2, 0) is 32.2 Å². The van der Waals surface area contributed by atoms with E-state index in [1.165, 1.54) is 5.56 Å². The molecule has 0 amide bonds. The Morgan fingerprint density at radius 1 is 0.966 bits per heavy atom. The van der Waals surface area contributed by atoms with Crippen LogP contribution in [0.25, 0.3) is 0 Å². The Hall–Kier alpha value is -2.21. The number of hydrogen-bond donors (Lipinski definition) is 0. The highest BCUT2D eigenvalue weighted by Crippen LogP contribution is 2.42. The van der Waals surface area contributed by atoms with Crippen LogP contribution in [0.2, 0.25) is 0 Å². The summed E-state index contributed by atoms with van der Waals surface area (Å²) in [5.41, 5.74) is 2.20. The van der Waals surface area contributed by atoms with Gasteiger partial charge in [-0.2, -0.15) is 0 Å². The highest BCUT2D eigenvalue weighted by molar-refractivity contribution is 5.70. The van der Waals surface area contributed by atoms with E-state index in [9.17, 15) is 4.79 Å². The lowest BCUT2D eigenvalue weighted by molar-refractivity contribution is -0.171. The average Bonchev–Trinajstić information content (AvgIpc) is 3.15. The van der Waals surface area contributed by atoms with Crippen LogP contribution in [-0.4, -0.2) is 40.9 Å². The van der Waals surface area contributed by atoms with Crippen molar-refractivity contribution in [1.29, 1.82) is 0 Å². The normalized spacial score (nSPS) is 28.2. The van der Waals surface area contributed by atoms with Gasteiger partial charge in [-0.05, 0) is 31.9 Å². The Morgan fingerprint density at radius 2 is 1.55 bits per heavy atom. The molecule has 0 radical (unpaired) electrons. The number of benzene rings is 2. The fraction of sp³-hybridized carbons (Fsp3) is 0.458. The Balaban J connectivity index is 1.47. The largest absolute Gasteiger partial charge is 0.461 e. The van der Waals surface area contributed by atoms with E-state index in [4.69, 9.17) is 14.2 Å². The van der Waals surface area contributed by atoms with E-state index in [1.807, 2.05) is 62.4 Å². The summed E-state index contributed by atoms with van der Waals surface area (Å²) in [5, 5.41) is 0. The molecule has 0 aliphatic carbocycles. The van der Waals surface area contributed by atoms with Gasteiger partial charge in [0.25, 0.3) is 0 Å². The van der Waals surface area contributed by atoms with Crippen molar-refractivity contribution in [3.8, 4) is 0 Å². The van der Waals surface area contributed by atoms with Crippen molar-refractivity contribution >= 4 is 5.97 Å². The van der Waals surface area contributed by atoms with Gasteiger partial charge in [0.15, 0.2) is 5.79 Å². The fourth-order valence-corrected chi connectivity index (χ4v) is 4.42. The molecular weight excluding hydrogens is 366 g/mol. The maximum absolute atomic E-state index is 12.7. The topological polar surface area (TPSA) is 48.0 Å². The summed E-state index contributed by atoms with van der Waals surface area (Å²) in [6.07, 6.45) is 0.0820. The van der Waals surface area contributed by atoms with E-state index < -0.39 is 5.79 Å². The highest BCUT2D eigenvalue weighted by atomic mass is 16.8. The van der Waals surface area contributed by atoms with Crippen molar-refractivity contribution in [2.45, 2.75) is 70.4 Å². The fourth-order valence-electron chi connectivity index (χ4n) is 4.42. The summed E-state index contributed by atoms with van der Waals surface area (Å²) in [6.45, 7) is 7.06. The molecule has 2 heterocycles. The Kier molecular flexibility index (Phi) is 5.72. The average molecular weight is 395 g/mol. The molecule has 0 bridgehead atoms. The quantitative estimate of drug-likeness (QED) is 0.694. The minimum absolute atomic E-state index is 0.0550. The molecule has 0 N–H and O–H groups in total. The van der Waals surface area contributed by atoms with E-state index in [0.717, 1.165) is 12.1 Å². The second kappa shape index (κ2) is 8.27. The molecule has 2 aromatic carbocycles. The maximum atomic E-state index is 12.7. The number of carbonyl (C=O) groups excluding carboxylic acids is 1. The van der Waals surface area contributed by atoms with Crippen molar-refractivity contribution in [3.05, 3.63) is 71.8 Å². The third kappa shape index (κ3) is 4.53. The Labute approximate surface area is 172 Å². The van der Waals surface area contributed by atoms with Crippen LogP contribution in [0.5, 0.6) is 0 Å². The second-order valence-electron chi connectivity index (χ2n) is 8.38. The van der Waals surface area contributed by atoms with Gasteiger partial charge in [0.2, 0.25) is 0 Å². The SMILES string of the molecule is C[C@H]1[C@H]2OC(C)(C)O[C@H]2[C@H](CC(=O)OCc2ccccc2)N1Cc1ccccc1. The van der Waals surface area contributed by atoms with E-state index in [0.29, 0.717) is 0 Å². The van der Waals surface area contributed by atoms with Crippen molar-refractivity contribution in [2.75, 3.05) is 0 Å². The number of carbonyl (C=O) groups is 1. The smallest absolute Gasteiger partial charge is 0.307 e. The molecule has 2 aliphatic rings. The van der Waals surface area contributed by atoms with E-state index in [2.05, 4.69) is 24.0 Å². The van der Waals surface area contributed by atoms with Gasteiger partial charge in [0, 0.05) is 18.6 Å². The number of nitrogens with zero attached hydrogens (tertiary/aromatic N) is 1. The number of rotatable bonds is 6. The van der Waals surface area contributed by atoms with Crippen molar-refractivity contribution in [2.24, 2.45) is 0 Å².